The van der Waals surface area contributed by atoms with Crippen LogP contribution in [0.3, 0.4) is 0 Å². The maximum absolute atomic E-state index is 13.1. The van der Waals surface area contributed by atoms with Crippen LogP contribution in [0.1, 0.15) is 20.4 Å². The van der Waals surface area contributed by atoms with Crippen molar-refractivity contribution in [3.63, 3.8) is 0 Å². The van der Waals surface area contributed by atoms with E-state index in [1.807, 2.05) is 29.3 Å². The second-order valence-electron chi connectivity index (χ2n) is 7.05. The standard InChI is InChI=1S/C21H20N4OS3/c1-14-19(29-20(22-14)17-7-4-12-27-17)21(26)25-10-8-24(9-11-25)13-18-23-15-5-2-3-6-16(15)28-18/h2-7,12H,8-11,13H2,1H3. The van der Waals surface area contributed by atoms with E-state index < -0.39 is 0 Å². The predicted molar refractivity (Wildman–Crippen MR) is 121 cm³/mol. The number of carbonyl (C=O) groups excluding carboxylic acids is 1. The lowest BCUT2D eigenvalue weighted by atomic mass is 10.2. The number of amides is 1. The van der Waals surface area contributed by atoms with E-state index in [1.165, 1.54) is 16.0 Å². The SMILES string of the molecule is Cc1nc(-c2cccs2)sc1C(=O)N1CCN(Cc2nc3ccccc3s2)CC1. The van der Waals surface area contributed by atoms with Crippen molar-refractivity contribution in [2.75, 3.05) is 26.2 Å². The average Bonchev–Trinajstić information content (AvgIpc) is 3.47. The fourth-order valence-corrected chi connectivity index (χ4v) is 6.37. The Morgan fingerprint density at radius 2 is 1.86 bits per heavy atom. The van der Waals surface area contributed by atoms with Crippen LogP contribution in [0.4, 0.5) is 0 Å². The first kappa shape index (κ1) is 18.9. The lowest BCUT2D eigenvalue weighted by molar-refractivity contribution is 0.0632. The summed E-state index contributed by atoms with van der Waals surface area (Å²) in [6, 6.07) is 12.3. The van der Waals surface area contributed by atoms with Crippen molar-refractivity contribution in [3.05, 3.63) is 57.4 Å². The number of aromatic nitrogens is 2. The van der Waals surface area contributed by atoms with Gasteiger partial charge in [0.1, 0.15) is 14.9 Å². The van der Waals surface area contributed by atoms with Gasteiger partial charge in [0.2, 0.25) is 0 Å². The zero-order valence-corrected chi connectivity index (χ0v) is 18.4. The summed E-state index contributed by atoms with van der Waals surface area (Å²) in [6.45, 7) is 6.02. The summed E-state index contributed by atoms with van der Waals surface area (Å²) >= 11 is 4.93. The molecule has 0 spiro atoms. The average molecular weight is 441 g/mol. The Bertz CT molecular complexity index is 1110. The molecule has 0 radical (unpaired) electrons. The number of rotatable bonds is 4. The zero-order valence-electron chi connectivity index (χ0n) is 16.0. The van der Waals surface area contributed by atoms with Crippen molar-refractivity contribution in [2.45, 2.75) is 13.5 Å². The van der Waals surface area contributed by atoms with E-state index in [9.17, 15) is 4.79 Å². The number of carbonyl (C=O) groups is 1. The highest BCUT2D eigenvalue weighted by molar-refractivity contribution is 7.22. The minimum atomic E-state index is 0.113. The third-order valence-electron chi connectivity index (χ3n) is 5.08. The summed E-state index contributed by atoms with van der Waals surface area (Å²) in [4.78, 5) is 28.7. The highest BCUT2D eigenvalue weighted by atomic mass is 32.1. The van der Waals surface area contributed by atoms with Crippen LogP contribution in [-0.2, 0) is 6.54 Å². The number of hydrogen-bond donors (Lipinski definition) is 0. The molecule has 1 saturated heterocycles. The number of thiazole rings is 2. The van der Waals surface area contributed by atoms with Gasteiger partial charge in [-0.05, 0) is 30.5 Å². The van der Waals surface area contributed by atoms with Crippen molar-refractivity contribution in [3.8, 4) is 9.88 Å². The molecule has 0 N–H and O–H groups in total. The molecule has 1 fully saturated rings. The molecule has 1 aromatic carbocycles. The molecule has 8 heteroatoms. The number of nitrogens with zero attached hydrogens (tertiary/aromatic N) is 4. The maximum Gasteiger partial charge on any atom is 0.265 e. The van der Waals surface area contributed by atoms with Crippen LogP contribution in [-0.4, -0.2) is 51.9 Å². The van der Waals surface area contributed by atoms with Crippen LogP contribution in [0.25, 0.3) is 20.1 Å². The number of piperazine rings is 1. The molecule has 4 heterocycles. The second-order valence-corrected chi connectivity index (χ2v) is 10.1. The fourth-order valence-electron chi connectivity index (χ4n) is 3.53. The molecule has 29 heavy (non-hydrogen) atoms. The van der Waals surface area contributed by atoms with Gasteiger partial charge in [-0.3, -0.25) is 9.69 Å². The third kappa shape index (κ3) is 3.85. The monoisotopic (exact) mass is 440 g/mol. The van der Waals surface area contributed by atoms with Gasteiger partial charge in [-0.2, -0.15) is 0 Å². The summed E-state index contributed by atoms with van der Waals surface area (Å²) in [7, 11) is 0. The number of para-hydroxylation sites is 1. The molecule has 0 unspecified atom stereocenters. The smallest absolute Gasteiger partial charge is 0.265 e. The first-order chi connectivity index (χ1) is 14.2. The highest BCUT2D eigenvalue weighted by Gasteiger charge is 2.26. The van der Waals surface area contributed by atoms with Gasteiger partial charge in [0, 0.05) is 26.2 Å². The Balaban J connectivity index is 1.23. The highest BCUT2D eigenvalue weighted by Crippen LogP contribution is 2.32. The first-order valence-corrected chi connectivity index (χ1v) is 12.1. The Hall–Kier alpha value is -2.13. The van der Waals surface area contributed by atoms with Crippen molar-refractivity contribution in [1.82, 2.24) is 19.8 Å². The molecular formula is C21H20N4OS3. The van der Waals surface area contributed by atoms with Gasteiger partial charge in [0.05, 0.1) is 27.3 Å². The molecule has 0 bridgehead atoms. The molecule has 0 saturated carbocycles. The number of hydrogen-bond acceptors (Lipinski definition) is 7. The van der Waals surface area contributed by atoms with Gasteiger partial charge >= 0.3 is 0 Å². The maximum atomic E-state index is 13.1. The lowest BCUT2D eigenvalue weighted by Gasteiger charge is -2.34. The van der Waals surface area contributed by atoms with Crippen LogP contribution in [0.2, 0.25) is 0 Å². The van der Waals surface area contributed by atoms with E-state index >= 15 is 0 Å². The summed E-state index contributed by atoms with van der Waals surface area (Å²) in [5, 5.41) is 4.12. The van der Waals surface area contributed by atoms with Crippen molar-refractivity contribution in [1.29, 1.82) is 0 Å². The Morgan fingerprint density at radius 3 is 2.62 bits per heavy atom. The second kappa shape index (κ2) is 7.95. The normalized spacial score (nSPS) is 15.3. The first-order valence-electron chi connectivity index (χ1n) is 9.55. The fraction of sp³-hybridized carbons (Fsp3) is 0.286. The lowest BCUT2D eigenvalue weighted by Crippen LogP contribution is -2.48. The number of aryl methyl sites for hydroxylation is 1. The van der Waals surface area contributed by atoms with E-state index in [0.29, 0.717) is 0 Å². The van der Waals surface area contributed by atoms with Gasteiger partial charge in [-0.15, -0.1) is 34.0 Å². The minimum Gasteiger partial charge on any atom is -0.335 e. The molecule has 5 nitrogen and oxygen atoms in total. The minimum absolute atomic E-state index is 0.113. The van der Waals surface area contributed by atoms with E-state index in [0.717, 1.165) is 63.7 Å². The van der Waals surface area contributed by atoms with E-state index in [4.69, 9.17) is 4.98 Å². The number of benzene rings is 1. The number of thiophene rings is 1. The summed E-state index contributed by atoms with van der Waals surface area (Å²) < 4.78 is 1.23. The van der Waals surface area contributed by atoms with Crippen LogP contribution < -0.4 is 0 Å². The van der Waals surface area contributed by atoms with Gasteiger partial charge in [0.15, 0.2) is 0 Å². The molecule has 0 aliphatic carbocycles. The van der Waals surface area contributed by atoms with Crippen LogP contribution in [0.15, 0.2) is 41.8 Å². The van der Waals surface area contributed by atoms with Crippen molar-refractivity contribution >= 4 is 50.1 Å². The predicted octanol–water partition coefficient (Wildman–Crippen LogP) is 4.75. The van der Waals surface area contributed by atoms with E-state index in [-0.39, 0.29) is 5.91 Å². The van der Waals surface area contributed by atoms with Crippen molar-refractivity contribution in [2.24, 2.45) is 0 Å². The summed E-state index contributed by atoms with van der Waals surface area (Å²) in [5.41, 5.74) is 1.91. The van der Waals surface area contributed by atoms with Crippen LogP contribution >= 0.6 is 34.0 Å². The molecule has 0 atom stereocenters. The van der Waals surface area contributed by atoms with Gasteiger partial charge in [-0.25, -0.2) is 9.97 Å². The van der Waals surface area contributed by atoms with Gasteiger partial charge < -0.3 is 4.90 Å². The van der Waals surface area contributed by atoms with Gasteiger partial charge in [0.25, 0.3) is 5.91 Å². The molecule has 148 valence electrons. The van der Waals surface area contributed by atoms with Crippen LogP contribution in [0.5, 0.6) is 0 Å². The van der Waals surface area contributed by atoms with Gasteiger partial charge in [-0.1, -0.05) is 18.2 Å². The molecule has 5 rings (SSSR count). The molecule has 1 aliphatic heterocycles. The zero-order chi connectivity index (χ0) is 19.8. The van der Waals surface area contributed by atoms with E-state index in [2.05, 4.69) is 34.1 Å². The molecular weight excluding hydrogens is 420 g/mol. The van der Waals surface area contributed by atoms with E-state index in [1.54, 1.807) is 22.7 Å². The molecule has 3 aromatic heterocycles. The third-order valence-corrected chi connectivity index (χ3v) is 8.28. The quantitative estimate of drug-likeness (QED) is 0.460. The largest absolute Gasteiger partial charge is 0.335 e. The topological polar surface area (TPSA) is 49.3 Å². The van der Waals surface area contributed by atoms with Crippen LogP contribution in [0, 0.1) is 6.92 Å². The Morgan fingerprint density at radius 1 is 1.03 bits per heavy atom. The number of fused-ring (bicyclic) bond motifs is 1. The molecule has 4 aromatic rings. The molecule has 1 amide bonds. The van der Waals surface area contributed by atoms with Crippen molar-refractivity contribution < 1.29 is 4.79 Å². The Labute approximate surface area is 181 Å². The molecule has 1 aliphatic rings. The summed E-state index contributed by atoms with van der Waals surface area (Å²) in [6.07, 6.45) is 0. The Kier molecular flexibility index (Phi) is 5.17. The summed E-state index contributed by atoms with van der Waals surface area (Å²) in [5.74, 6) is 0.113.